The van der Waals surface area contributed by atoms with Crippen molar-refractivity contribution >= 4 is 34.2 Å². The van der Waals surface area contributed by atoms with Crippen LogP contribution in [0.15, 0.2) is 57.3 Å². The molecule has 0 radical (unpaired) electrons. The Morgan fingerprint density at radius 1 is 1.22 bits per heavy atom. The molecule has 2 aromatic heterocycles. The highest BCUT2D eigenvalue weighted by atomic mass is 32.1. The van der Waals surface area contributed by atoms with E-state index in [-0.39, 0.29) is 17.6 Å². The summed E-state index contributed by atoms with van der Waals surface area (Å²) in [6, 6.07) is 8.15. The zero-order chi connectivity index (χ0) is 25.8. The van der Waals surface area contributed by atoms with Crippen LogP contribution in [0.4, 0.5) is 0 Å². The number of nitrogens with one attached hydrogen (secondary N) is 1. The molecule has 0 bridgehead atoms. The number of rotatable bonds is 9. The van der Waals surface area contributed by atoms with E-state index in [4.69, 9.17) is 9.15 Å². The van der Waals surface area contributed by atoms with Gasteiger partial charge in [0.05, 0.1) is 10.9 Å². The fourth-order valence-electron chi connectivity index (χ4n) is 3.68. The summed E-state index contributed by atoms with van der Waals surface area (Å²) in [7, 11) is 0. The largest absolute Gasteiger partial charge is 0.508 e. The van der Waals surface area contributed by atoms with Gasteiger partial charge in [-0.2, -0.15) is 0 Å². The second kappa shape index (κ2) is 10.6. The SMILES string of the molecule is CCc1cc2c(=O)c(-c3nc(C)cs3)coc2cc1OCC(=O)N[C@@H](Cc1ccc(O)cc1)C(=O)O. The maximum Gasteiger partial charge on any atom is 0.326 e. The fraction of sp³-hybridized carbons (Fsp3) is 0.231. The van der Waals surface area contributed by atoms with Crippen molar-refractivity contribution in [3.63, 3.8) is 0 Å². The minimum Gasteiger partial charge on any atom is -0.508 e. The number of nitrogens with zero attached hydrogens (tertiary/aromatic N) is 1. The van der Waals surface area contributed by atoms with Crippen molar-refractivity contribution in [3.8, 4) is 22.1 Å². The molecule has 2 aromatic carbocycles. The van der Waals surface area contributed by atoms with Crippen molar-refractivity contribution in [2.75, 3.05) is 6.61 Å². The van der Waals surface area contributed by atoms with Crippen molar-refractivity contribution in [2.24, 2.45) is 0 Å². The fourth-order valence-corrected chi connectivity index (χ4v) is 4.48. The molecular weight excluding hydrogens is 484 g/mol. The molecule has 1 atom stereocenters. The zero-order valence-corrected chi connectivity index (χ0v) is 20.4. The normalized spacial score (nSPS) is 11.8. The first kappa shape index (κ1) is 24.9. The van der Waals surface area contributed by atoms with Gasteiger partial charge in [0.15, 0.2) is 6.61 Å². The Kier molecular flexibility index (Phi) is 7.35. The lowest BCUT2D eigenvalue weighted by Crippen LogP contribution is -2.44. The number of phenols is 1. The summed E-state index contributed by atoms with van der Waals surface area (Å²) in [6.07, 6.45) is 1.95. The van der Waals surface area contributed by atoms with Crippen molar-refractivity contribution in [3.05, 3.63) is 75.1 Å². The number of aliphatic carboxylic acids is 1. The number of carboxylic acids is 1. The van der Waals surface area contributed by atoms with Gasteiger partial charge in [0.25, 0.3) is 5.91 Å². The third-order valence-corrected chi connectivity index (χ3v) is 6.55. The van der Waals surface area contributed by atoms with E-state index in [0.717, 1.165) is 5.69 Å². The molecule has 10 heteroatoms. The number of aromatic hydroxyl groups is 1. The summed E-state index contributed by atoms with van der Waals surface area (Å²) in [6.45, 7) is 3.32. The first-order valence-electron chi connectivity index (χ1n) is 11.2. The van der Waals surface area contributed by atoms with Crippen molar-refractivity contribution in [1.29, 1.82) is 0 Å². The predicted octanol–water partition coefficient (Wildman–Crippen LogP) is 3.68. The number of aryl methyl sites for hydroxylation is 2. The molecule has 9 nitrogen and oxygen atoms in total. The van der Waals surface area contributed by atoms with Gasteiger partial charge in [0, 0.05) is 23.6 Å². The van der Waals surface area contributed by atoms with Crippen LogP contribution >= 0.6 is 11.3 Å². The molecule has 0 aliphatic carbocycles. The molecule has 0 unspecified atom stereocenters. The van der Waals surface area contributed by atoms with Crippen LogP contribution in [0.5, 0.6) is 11.5 Å². The van der Waals surface area contributed by atoms with E-state index in [1.165, 1.54) is 29.7 Å². The van der Waals surface area contributed by atoms with E-state index in [2.05, 4.69) is 10.3 Å². The molecule has 0 aliphatic rings. The molecule has 0 saturated carbocycles. The van der Waals surface area contributed by atoms with Gasteiger partial charge in [-0.25, -0.2) is 9.78 Å². The third-order valence-electron chi connectivity index (χ3n) is 5.55. The summed E-state index contributed by atoms with van der Waals surface area (Å²) in [5.74, 6) is -1.37. The lowest BCUT2D eigenvalue weighted by molar-refractivity contribution is -0.142. The second-order valence-corrected chi connectivity index (χ2v) is 9.06. The number of hydrogen-bond acceptors (Lipinski definition) is 8. The number of thiazole rings is 1. The van der Waals surface area contributed by atoms with Crippen LogP contribution in [0.2, 0.25) is 0 Å². The first-order chi connectivity index (χ1) is 17.2. The molecule has 36 heavy (non-hydrogen) atoms. The molecule has 3 N–H and O–H groups in total. The average Bonchev–Trinajstić information content (AvgIpc) is 3.29. The summed E-state index contributed by atoms with van der Waals surface area (Å²) < 4.78 is 11.4. The number of phenolic OH excluding ortho intramolecular Hbond substituents is 1. The van der Waals surface area contributed by atoms with Crippen LogP contribution in [0.3, 0.4) is 0 Å². The molecule has 0 aliphatic heterocycles. The Morgan fingerprint density at radius 3 is 2.61 bits per heavy atom. The van der Waals surface area contributed by atoms with Crippen molar-refractivity contribution < 1.29 is 29.0 Å². The first-order valence-corrected chi connectivity index (χ1v) is 12.1. The molecule has 0 fully saturated rings. The second-order valence-electron chi connectivity index (χ2n) is 8.20. The van der Waals surface area contributed by atoms with Crippen LogP contribution in [0.1, 0.15) is 23.7 Å². The van der Waals surface area contributed by atoms with Gasteiger partial charge >= 0.3 is 5.97 Å². The van der Waals surface area contributed by atoms with Gasteiger partial charge in [0.2, 0.25) is 5.43 Å². The smallest absolute Gasteiger partial charge is 0.326 e. The molecule has 0 saturated heterocycles. The molecule has 2 heterocycles. The summed E-state index contributed by atoms with van der Waals surface area (Å²) >= 11 is 1.36. The number of carboxylic acid groups (broad SMARTS) is 1. The Morgan fingerprint density at radius 2 is 1.97 bits per heavy atom. The number of fused-ring (bicyclic) bond motifs is 1. The Balaban J connectivity index is 1.49. The standard InChI is InChI=1S/C26H24N2O7S/c1-3-16-9-18-22(34-11-19(24(18)31)25-27-14(2)13-36-25)10-21(16)35-12-23(30)28-20(26(32)33)8-15-4-6-17(29)7-5-15/h4-7,9-11,13,20,29H,3,8,12H2,1-2H3,(H,28,30)(H,32,33)/t20-/m0/s1. The van der Waals surface area contributed by atoms with Gasteiger partial charge < -0.3 is 24.7 Å². The maximum atomic E-state index is 13.1. The number of carbonyl (C=O) groups is 2. The topological polar surface area (TPSA) is 139 Å². The number of hydrogen-bond donors (Lipinski definition) is 3. The molecular formula is C26H24N2O7S. The average molecular weight is 509 g/mol. The molecule has 4 rings (SSSR count). The highest BCUT2D eigenvalue weighted by Gasteiger charge is 2.21. The number of ether oxygens (including phenoxy) is 1. The Hall–Kier alpha value is -4.18. The summed E-state index contributed by atoms with van der Waals surface area (Å²) in [4.78, 5) is 41.5. The third kappa shape index (κ3) is 5.55. The van der Waals surface area contributed by atoms with Crippen LogP contribution in [-0.4, -0.2) is 39.7 Å². The van der Waals surface area contributed by atoms with Crippen LogP contribution < -0.4 is 15.5 Å². The Labute approximate surface area is 210 Å². The molecule has 4 aromatic rings. The van der Waals surface area contributed by atoms with Gasteiger partial charge in [0.1, 0.15) is 34.4 Å². The van der Waals surface area contributed by atoms with Crippen LogP contribution in [0, 0.1) is 6.92 Å². The van der Waals surface area contributed by atoms with E-state index < -0.39 is 24.5 Å². The number of carbonyl (C=O) groups excluding carboxylic acids is 1. The van der Waals surface area contributed by atoms with Gasteiger partial charge in [-0.3, -0.25) is 9.59 Å². The molecule has 0 spiro atoms. The molecule has 186 valence electrons. The van der Waals surface area contributed by atoms with E-state index in [1.54, 1.807) is 24.3 Å². The maximum absolute atomic E-state index is 13.1. The minimum atomic E-state index is -1.19. The zero-order valence-electron chi connectivity index (χ0n) is 19.6. The van der Waals surface area contributed by atoms with E-state index in [1.807, 2.05) is 19.2 Å². The number of aromatic nitrogens is 1. The highest BCUT2D eigenvalue weighted by molar-refractivity contribution is 7.13. The summed E-state index contributed by atoms with van der Waals surface area (Å²) in [5.41, 5.74) is 2.65. The van der Waals surface area contributed by atoms with Crippen molar-refractivity contribution in [2.45, 2.75) is 32.7 Å². The van der Waals surface area contributed by atoms with Gasteiger partial charge in [-0.15, -0.1) is 11.3 Å². The number of benzene rings is 2. The highest BCUT2D eigenvalue weighted by Crippen LogP contribution is 2.28. The monoisotopic (exact) mass is 508 g/mol. The lowest BCUT2D eigenvalue weighted by Gasteiger charge is -2.16. The van der Waals surface area contributed by atoms with Crippen LogP contribution in [0.25, 0.3) is 21.5 Å². The van der Waals surface area contributed by atoms with E-state index in [9.17, 15) is 24.6 Å². The van der Waals surface area contributed by atoms with Gasteiger partial charge in [-0.1, -0.05) is 19.1 Å². The lowest BCUT2D eigenvalue weighted by atomic mass is 10.1. The predicted molar refractivity (Wildman–Crippen MR) is 135 cm³/mol. The van der Waals surface area contributed by atoms with E-state index in [0.29, 0.717) is 44.8 Å². The quantitative estimate of drug-likeness (QED) is 0.311. The number of amides is 1. The van der Waals surface area contributed by atoms with Crippen LogP contribution in [-0.2, 0) is 22.4 Å². The minimum absolute atomic E-state index is 0.0453. The molecule has 1 amide bonds. The van der Waals surface area contributed by atoms with Gasteiger partial charge in [-0.05, 0) is 42.7 Å². The summed E-state index contributed by atoms with van der Waals surface area (Å²) in [5, 5.41) is 24.2. The Bertz CT molecular complexity index is 1470. The van der Waals surface area contributed by atoms with Crippen molar-refractivity contribution in [1.82, 2.24) is 10.3 Å². The van der Waals surface area contributed by atoms with E-state index >= 15 is 0 Å².